The van der Waals surface area contributed by atoms with Gasteiger partial charge in [0.25, 0.3) is 5.56 Å². The van der Waals surface area contributed by atoms with Crippen LogP contribution in [0.2, 0.25) is 0 Å². The normalized spacial score (nSPS) is 11.1. The third kappa shape index (κ3) is 1.82. The van der Waals surface area contributed by atoms with Gasteiger partial charge in [-0.1, -0.05) is 6.08 Å². The number of H-pyrrole nitrogens is 1. The summed E-state index contributed by atoms with van der Waals surface area (Å²) in [6, 6.07) is 0.960. The van der Waals surface area contributed by atoms with E-state index < -0.39 is 27.0 Å². The van der Waals surface area contributed by atoms with Gasteiger partial charge in [-0.15, -0.1) is 6.58 Å². The number of aromatic nitrogens is 2. The average Bonchev–Trinajstić information content (AvgIpc) is 2.02. The molecular weight excluding hydrogens is 208 g/mol. The van der Waals surface area contributed by atoms with E-state index in [-0.39, 0.29) is 3.97 Å². The maximum Gasteiger partial charge on any atom is 0.342 e. The second kappa shape index (κ2) is 3.62. The second-order valence-electron chi connectivity index (χ2n) is 2.45. The lowest BCUT2D eigenvalue weighted by Gasteiger charge is -2.01. The van der Waals surface area contributed by atoms with Crippen LogP contribution in [0.15, 0.2) is 34.5 Å². The minimum atomic E-state index is -3.93. The summed E-state index contributed by atoms with van der Waals surface area (Å²) in [4.78, 5) is 24.2. The zero-order chi connectivity index (χ0) is 10.8. The van der Waals surface area contributed by atoms with Crippen molar-refractivity contribution in [2.45, 2.75) is 0 Å². The van der Waals surface area contributed by atoms with E-state index in [0.29, 0.717) is 0 Å². The van der Waals surface area contributed by atoms with Crippen LogP contribution in [-0.4, -0.2) is 23.1 Å². The van der Waals surface area contributed by atoms with Crippen LogP contribution >= 0.6 is 0 Å². The van der Waals surface area contributed by atoms with Crippen LogP contribution in [0, 0.1) is 0 Å². The molecule has 6 nitrogen and oxygen atoms in total. The molecule has 7 heteroatoms. The molecule has 0 amide bonds. The Morgan fingerprint density at radius 1 is 1.50 bits per heavy atom. The van der Waals surface area contributed by atoms with Crippen molar-refractivity contribution < 1.29 is 8.42 Å². The van der Waals surface area contributed by atoms with E-state index in [2.05, 4.69) is 11.6 Å². The molecule has 1 heterocycles. The highest BCUT2D eigenvalue weighted by atomic mass is 32.2. The highest BCUT2D eigenvalue weighted by Gasteiger charge is 2.15. The molecule has 0 atom stereocenters. The van der Waals surface area contributed by atoms with Gasteiger partial charge in [-0.3, -0.25) is 4.79 Å². The van der Waals surface area contributed by atoms with Gasteiger partial charge in [-0.2, -0.15) is 3.97 Å². The van der Waals surface area contributed by atoms with E-state index in [0.717, 1.165) is 18.3 Å². The number of hydrogen-bond donors (Lipinski definition) is 1. The molecule has 1 aromatic rings. The molecule has 76 valence electrons. The van der Waals surface area contributed by atoms with Gasteiger partial charge < -0.3 is 4.98 Å². The molecule has 14 heavy (non-hydrogen) atoms. The third-order valence-corrected chi connectivity index (χ3v) is 2.98. The van der Waals surface area contributed by atoms with Gasteiger partial charge in [-0.25, -0.2) is 13.2 Å². The Morgan fingerprint density at radius 3 is 2.64 bits per heavy atom. The molecule has 0 saturated heterocycles. The number of nitrogens with one attached hydrogen (secondary N) is 1. The molecule has 0 aliphatic rings. The molecule has 0 radical (unpaired) electrons. The molecule has 1 rings (SSSR count). The lowest BCUT2D eigenvalue weighted by molar-refractivity contribution is 0.585. The van der Waals surface area contributed by atoms with Crippen molar-refractivity contribution in [1.29, 1.82) is 0 Å². The summed E-state index contributed by atoms with van der Waals surface area (Å²) < 4.78 is 22.9. The minimum absolute atomic E-state index is 0.175. The van der Waals surface area contributed by atoms with Gasteiger partial charge in [0.15, 0.2) is 0 Å². The Balaban J connectivity index is 3.56. The van der Waals surface area contributed by atoms with Gasteiger partial charge in [0.1, 0.15) is 0 Å². The average molecular weight is 216 g/mol. The van der Waals surface area contributed by atoms with E-state index in [1.54, 1.807) is 0 Å². The third-order valence-electron chi connectivity index (χ3n) is 1.42. The smallest absolute Gasteiger partial charge is 0.313 e. The molecule has 0 aliphatic carbocycles. The van der Waals surface area contributed by atoms with Crippen molar-refractivity contribution in [2.75, 3.05) is 5.75 Å². The minimum Gasteiger partial charge on any atom is -0.313 e. The molecular formula is C7H8N2O4S. The number of nitrogens with zero attached hydrogens (tertiary/aromatic N) is 1. The molecule has 0 unspecified atom stereocenters. The highest BCUT2D eigenvalue weighted by Crippen LogP contribution is 1.88. The van der Waals surface area contributed by atoms with E-state index in [4.69, 9.17) is 0 Å². The van der Waals surface area contributed by atoms with Crippen LogP contribution < -0.4 is 11.2 Å². The summed E-state index contributed by atoms with van der Waals surface area (Å²) >= 11 is 0. The van der Waals surface area contributed by atoms with Crippen LogP contribution in [0.4, 0.5) is 0 Å². The molecule has 0 fully saturated rings. The van der Waals surface area contributed by atoms with Crippen LogP contribution in [0.5, 0.6) is 0 Å². The Labute approximate surface area is 79.6 Å². The van der Waals surface area contributed by atoms with E-state index in [9.17, 15) is 18.0 Å². The summed E-state index contributed by atoms with van der Waals surface area (Å²) in [6.07, 6.45) is 2.19. The highest BCUT2D eigenvalue weighted by molar-refractivity contribution is 7.90. The van der Waals surface area contributed by atoms with E-state index >= 15 is 0 Å². The van der Waals surface area contributed by atoms with Gasteiger partial charge in [0, 0.05) is 12.3 Å². The summed E-state index contributed by atoms with van der Waals surface area (Å²) in [6.45, 7) is 3.22. The fourth-order valence-corrected chi connectivity index (χ4v) is 1.98. The van der Waals surface area contributed by atoms with Crippen LogP contribution in [0.3, 0.4) is 0 Å². The Morgan fingerprint density at radius 2 is 2.14 bits per heavy atom. The second-order valence-corrected chi connectivity index (χ2v) is 4.32. The SMILES string of the molecule is C=CCS(=O)(=O)n1c(=O)cc[nH]c1=O. The Kier molecular flexibility index (Phi) is 2.70. The fourth-order valence-electron chi connectivity index (χ4n) is 0.898. The standard InChI is InChI=1S/C7H8N2O4S/c1-2-5-14(12,13)9-6(10)3-4-8-7(9)11/h2-4H,1,5H2,(H,8,11). The van der Waals surface area contributed by atoms with Crippen LogP contribution in [-0.2, 0) is 10.0 Å². The zero-order valence-electron chi connectivity index (χ0n) is 7.13. The molecule has 0 saturated carbocycles. The van der Waals surface area contributed by atoms with Gasteiger partial charge in [-0.05, 0) is 0 Å². The molecule has 0 bridgehead atoms. The lowest BCUT2D eigenvalue weighted by Crippen LogP contribution is -2.39. The predicted molar refractivity (Wildman–Crippen MR) is 50.7 cm³/mol. The first-order chi connectivity index (χ1) is 6.49. The summed E-state index contributed by atoms with van der Waals surface area (Å²) in [7, 11) is -3.93. The molecule has 1 N–H and O–H groups in total. The summed E-state index contributed by atoms with van der Waals surface area (Å²) in [5.74, 6) is -0.458. The summed E-state index contributed by atoms with van der Waals surface area (Å²) in [5, 5.41) is 0. The topological polar surface area (TPSA) is 89.0 Å². The molecule has 0 spiro atoms. The first-order valence-corrected chi connectivity index (χ1v) is 5.25. The lowest BCUT2D eigenvalue weighted by atomic mass is 10.7. The monoisotopic (exact) mass is 216 g/mol. The number of rotatable bonds is 3. The van der Waals surface area contributed by atoms with Crippen LogP contribution in [0.1, 0.15) is 0 Å². The van der Waals surface area contributed by atoms with Crippen molar-refractivity contribution in [1.82, 2.24) is 8.96 Å². The van der Waals surface area contributed by atoms with Gasteiger partial charge in [0.2, 0.25) is 10.0 Å². The van der Waals surface area contributed by atoms with Crippen molar-refractivity contribution in [3.8, 4) is 0 Å². The van der Waals surface area contributed by atoms with Gasteiger partial charge >= 0.3 is 5.69 Å². The maximum atomic E-state index is 11.3. The van der Waals surface area contributed by atoms with Crippen LogP contribution in [0.25, 0.3) is 0 Å². The number of aromatic amines is 1. The zero-order valence-corrected chi connectivity index (χ0v) is 7.95. The van der Waals surface area contributed by atoms with Crippen molar-refractivity contribution >= 4 is 10.0 Å². The Bertz CT molecular complexity index is 523. The van der Waals surface area contributed by atoms with E-state index in [1.807, 2.05) is 0 Å². The largest absolute Gasteiger partial charge is 0.342 e. The first-order valence-electron chi connectivity index (χ1n) is 3.64. The Hall–Kier alpha value is -1.63. The van der Waals surface area contributed by atoms with Gasteiger partial charge in [0.05, 0.1) is 5.75 Å². The quantitative estimate of drug-likeness (QED) is 0.649. The van der Waals surface area contributed by atoms with Crippen molar-refractivity contribution in [2.24, 2.45) is 0 Å². The summed E-state index contributed by atoms with van der Waals surface area (Å²) in [5.41, 5.74) is -1.85. The molecule has 0 aromatic carbocycles. The predicted octanol–water partition coefficient (Wildman–Crippen LogP) is -1.10. The molecule has 0 aliphatic heterocycles. The number of hydrogen-bond acceptors (Lipinski definition) is 4. The fraction of sp³-hybridized carbons (Fsp3) is 0.143. The maximum absolute atomic E-state index is 11.3. The van der Waals surface area contributed by atoms with Crippen molar-refractivity contribution in [3.63, 3.8) is 0 Å². The van der Waals surface area contributed by atoms with Crippen molar-refractivity contribution in [3.05, 3.63) is 45.8 Å². The first kappa shape index (κ1) is 10.5. The van der Waals surface area contributed by atoms with E-state index in [1.165, 1.54) is 0 Å². The molecule has 1 aromatic heterocycles.